The van der Waals surface area contributed by atoms with Gasteiger partial charge in [0.25, 0.3) is 5.69 Å². The average Bonchev–Trinajstić information content (AvgIpc) is 3.25. The molecule has 1 aliphatic carbocycles. The van der Waals surface area contributed by atoms with Gasteiger partial charge in [0.2, 0.25) is 11.8 Å². The number of hydrogen-bond donors (Lipinski definition) is 2. The van der Waals surface area contributed by atoms with Crippen molar-refractivity contribution in [2.45, 2.75) is 43.4 Å². The summed E-state index contributed by atoms with van der Waals surface area (Å²) in [6.45, 7) is 0. The van der Waals surface area contributed by atoms with Crippen molar-refractivity contribution in [1.82, 2.24) is 5.32 Å². The van der Waals surface area contributed by atoms with Crippen molar-refractivity contribution in [3.63, 3.8) is 0 Å². The van der Waals surface area contributed by atoms with E-state index >= 15 is 0 Å². The number of amidine groups is 1. The topological polar surface area (TPSA) is 123 Å². The minimum atomic E-state index is -0.596. The molecule has 1 aromatic rings. The monoisotopic (exact) mass is 392 g/mol. The van der Waals surface area contributed by atoms with Crippen LogP contribution < -0.4 is 15.4 Å². The van der Waals surface area contributed by atoms with Crippen molar-refractivity contribution in [3.8, 4) is 5.75 Å². The van der Waals surface area contributed by atoms with Gasteiger partial charge >= 0.3 is 0 Å². The molecule has 0 radical (unpaired) electrons. The van der Waals surface area contributed by atoms with E-state index < -0.39 is 16.1 Å². The molecule has 144 valence electrons. The number of methoxy groups -OCH3 is 1. The smallest absolute Gasteiger partial charge is 0.296 e. The maximum Gasteiger partial charge on any atom is 0.296 e. The van der Waals surface area contributed by atoms with E-state index in [-0.39, 0.29) is 29.7 Å². The Kier molecular flexibility index (Phi) is 5.94. The number of benzene rings is 1. The van der Waals surface area contributed by atoms with Gasteiger partial charge in [-0.25, -0.2) is 0 Å². The van der Waals surface area contributed by atoms with E-state index in [2.05, 4.69) is 15.6 Å². The largest absolute Gasteiger partial charge is 0.496 e. The van der Waals surface area contributed by atoms with E-state index in [0.717, 1.165) is 25.7 Å². The summed E-state index contributed by atoms with van der Waals surface area (Å²) in [7, 11) is 1.40. The Balaban J connectivity index is 1.62. The third-order valence-corrected chi connectivity index (χ3v) is 5.54. The van der Waals surface area contributed by atoms with Crippen LogP contribution in [-0.4, -0.2) is 40.3 Å². The van der Waals surface area contributed by atoms with Crippen LogP contribution in [0.4, 0.5) is 11.4 Å². The normalized spacial score (nSPS) is 21.3. The number of carbonyl (C=O) groups excluding carboxylic acids is 2. The lowest BCUT2D eigenvalue weighted by atomic mass is 10.2. The number of nitro groups is 1. The maximum atomic E-state index is 12.3. The second-order valence-corrected chi connectivity index (χ2v) is 7.55. The molecule has 1 aliphatic heterocycles. The van der Waals surface area contributed by atoms with Crippen molar-refractivity contribution in [2.75, 3.05) is 12.4 Å². The Labute approximate surface area is 160 Å². The number of hydrogen-bond acceptors (Lipinski definition) is 7. The van der Waals surface area contributed by atoms with Crippen LogP contribution in [0.3, 0.4) is 0 Å². The molecule has 2 N–H and O–H groups in total. The molecule has 1 aromatic carbocycles. The van der Waals surface area contributed by atoms with Crippen LogP contribution in [0.15, 0.2) is 23.2 Å². The molecule has 3 rings (SSSR count). The fourth-order valence-corrected chi connectivity index (χ4v) is 4.10. The summed E-state index contributed by atoms with van der Waals surface area (Å²) in [5, 5.41) is 16.4. The summed E-state index contributed by atoms with van der Waals surface area (Å²) in [6.07, 6.45) is 4.24. The predicted molar refractivity (Wildman–Crippen MR) is 102 cm³/mol. The molecule has 2 fully saturated rings. The van der Waals surface area contributed by atoms with Crippen LogP contribution in [-0.2, 0) is 9.59 Å². The van der Waals surface area contributed by atoms with Gasteiger partial charge in [-0.3, -0.25) is 24.7 Å². The fraction of sp³-hybridized carbons (Fsp3) is 0.471. The highest BCUT2D eigenvalue weighted by Gasteiger charge is 2.33. The van der Waals surface area contributed by atoms with Crippen LogP contribution >= 0.6 is 11.8 Å². The quantitative estimate of drug-likeness (QED) is 0.566. The van der Waals surface area contributed by atoms with Crippen LogP contribution in [0.5, 0.6) is 5.75 Å². The van der Waals surface area contributed by atoms with Gasteiger partial charge in [-0.15, -0.1) is 0 Å². The molecule has 0 unspecified atom stereocenters. The number of nitrogens with one attached hydrogen (secondary N) is 2. The number of carbonyl (C=O) groups is 2. The first-order valence-corrected chi connectivity index (χ1v) is 9.52. The molecular formula is C17H20N4O5S. The zero-order valence-electron chi connectivity index (χ0n) is 14.8. The lowest BCUT2D eigenvalue weighted by Gasteiger charge is -2.09. The molecule has 2 aliphatic rings. The Bertz CT molecular complexity index is 792. The van der Waals surface area contributed by atoms with Gasteiger partial charge < -0.3 is 15.4 Å². The van der Waals surface area contributed by atoms with Gasteiger partial charge in [0.15, 0.2) is 5.17 Å². The van der Waals surface area contributed by atoms with Crippen LogP contribution in [0.25, 0.3) is 0 Å². The third kappa shape index (κ3) is 4.76. The minimum Gasteiger partial charge on any atom is -0.496 e. The first kappa shape index (κ1) is 19.2. The van der Waals surface area contributed by atoms with Crippen molar-refractivity contribution in [2.24, 2.45) is 4.99 Å². The van der Waals surface area contributed by atoms with Crippen molar-refractivity contribution in [1.29, 1.82) is 0 Å². The third-order valence-electron chi connectivity index (χ3n) is 4.45. The highest BCUT2D eigenvalue weighted by atomic mass is 32.2. The summed E-state index contributed by atoms with van der Waals surface area (Å²) in [6, 6.07) is 4.40. The summed E-state index contributed by atoms with van der Waals surface area (Å²) < 4.78 is 4.97. The standard InChI is InChI=1S/C17H20N4O5S/c1-26-11-6-7-12(13(8-11)21(24)25)19-15(22)9-14-16(23)20-17(27-14)18-10-4-2-3-5-10/h6-8,10,14H,2-5,9H2,1H3,(H,19,22)(H,18,20,23)/t14-/m0/s1. The lowest BCUT2D eigenvalue weighted by molar-refractivity contribution is -0.384. The molecule has 0 aromatic heterocycles. The first-order valence-electron chi connectivity index (χ1n) is 8.64. The van der Waals surface area contributed by atoms with E-state index in [1.54, 1.807) is 0 Å². The van der Waals surface area contributed by atoms with E-state index in [1.807, 2.05) is 0 Å². The first-order chi connectivity index (χ1) is 13.0. The molecule has 10 heteroatoms. The second-order valence-electron chi connectivity index (χ2n) is 6.36. The van der Waals surface area contributed by atoms with Gasteiger partial charge in [-0.1, -0.05) is 24.6 Å². The Morgan fingerprint density at radius 3 is 2.85 bits per heavy atom. The summed E-state index contributed by atoms with van der Waals surface area (Å²) in [5.74, 6) is -0.424. The molecule has 2 amide bonds. The van der Waals surface area contributed by atoms with E-state index in [9.17, 15) is 19.7 Å². The number of anilines is 1. The lowest BCUT2D eigenvalue weighted by Crippen LogP contribution is -2.28. The predicted octanol–water partition coefficient (Wildman–Crippen LogP) is 2.46. The number of amides is 2. The number of nitro benzene ring substituents is 1. The Hall–Kier alpha value is -2.62. The molecule has 1 heterocycles. The molecule has 1 saturated carbocycles. The molecule has 9 nitrogen and oxygen atoms in total. The number of ether oxygens (including phenoxy) is 1. The highest BCUT2D eigenvalue weighted by molar-refractivity contribution is 8.15. The Morgan fingerprint density at radius 1 is 1.44 bits per heavy atom. The number of aliphatic imine (C=N–C) groups is 1. The fourth-order valence-electron chi connectivity index (χ4n) is 3.06. The van der Waals surface area contributed by atoms with Crippen LogP contribution in [0.1, 0.15) is 32.1 Å². The molecule has 0 bridgehead atoms. The zero-order valence-corrected chi connectivity index (χ0v) is 15.6. The van der Waals surface area contributed by atoms with Gasteiger partial charge in [0, 0.05) is 6.42 Å². The second kappa shape index (κ2) is 8.38. The SMILES string of the molecule is COc1ccc(NC(=O)C[C@@H]2SC(=NC3CCCC3)NC2=O)c([N+](=O)[O-])c1. The average molecular weight is 392 g/mol. The van der Waals surface area contributed by atoms with E-state index in [4.69, 9.17) is 4.74 Å². The molecular weight excluding hydrogens is 372 g/mol. The Morgan fingerprint density at radius 2 is 2.19 bits per heavy atom. The van der Waals surface area contributed by atoms with E-state index in [1.165, 1.54) is 37.1 Å². The van der Waals surface area contributed by atoms with Crippen molar-refractivity contribution >= 4 is 40.1 Å². The van der Waals surface area contributed by atoms with Gasteiger partial charge in [0.05, 0.1) is 24.1 Å². The maximum absolute atomic E-state index is 12.3. The number of nitrogens with zero attached hydrogens (tertiary/aromatic N) is 2. The van der Waals surface area contributed by atoms with Crippen LogP contribution in [0.2, 0.25) is 0 Å². The summed E-state index contributed by atoms with van der Waals surface area (Å²) in [5.41, 5.74) is -0.205. The molecule has 27 heavy (non-hydrogen) atoms. The van der Waals surface area contributed by atoms with Crippen LogP contribution in [0, 0.1) is 10.1 Å². The molecule has 0 spiro atoms. The minimum absolute atomic E-state index is 0.0639. The number of thioether (sulfide) groups is 1. The summed E-state index contributed by atoms with van der Waals surface area (Å²) >= 11 is 1.24. The number of rotatable bonds is 6. The van der Waals surface area contributed by atoms with Gasteiger partial charge in [-0.05, 0) is 25.0 Å². The van der Waals surface area contributed by atoms with Crippen molar-refractivity contribution in [3.05, 3.63) is 28.3 Å². The molecule has 1 atom stereocenters. The molecule has 1 saturated heterocycles. The van der Waals surface area contributed by atoms with E-state index in [0.29, 0.717) is 10.9 Å². The summed E-state index contributed by atoms with van der Waals surface area (Å²) in [4.78, 5) is 39.5. The van der Waals surface area contributed by atoms with Gasteiger partial charge in [-0.2, -0.15) is 0 Å². The van der Waals surface area contributed by atoms with Gasteiger partial charge in [0.1, 0.15) is 16.7 Å². The zero-order chi connectivity index (χ0) is 19.4. The highest BCUT2D eigenvalue weighted by Crippen LogP contribution is 2.30. The van der Waals surface area contributed by atoms with Crippen molar-refractivity contribution < 1.29 is 19.2 Å².